The van der Waals surface area contributed by atoms with Gasteiger partial charge in [-0.25, -0.2) is 0 Å². The number of aryl methyl sites for hydroxylation is 1. The minimum absolute atomic E-state index is 0. The van der Waals surface area contributed by atoms with Crippen molar-refractivity contribution in [3.8, 4) is 0 Å². The number of nitrogens with one attached hydrogen (secondary N) is 2. The largest absolute Gasteiger partial charge is 0.468 e. The number of likely N-dealkylation sites (N-methyl/N-ethyl adjacent to an activating group) is 1. The van der Waals surface area contributed by atoms with Crippen LogP contribution in [0.4, 0.5) is 0 Å². The topological polar surface area (TPSA) is 52.8 Å². The van der Waals surface area contributed by atoms with Crippen LogP contribution < -0.4 is 10.6 Å². The second-order valence-corrected chi connectivity index (χ2v) is 6.80. The van der Waals surface area contributed by atoms with Crippen LogP contribution in [0.3, 0.4) is 0 Å². The highest BCUT2D eigenvalue weighted by atomic mass is 127. The molecule has 3 rings (SSSR count). The molecule has 0 radical (unpaired) electrons. The minimum atomic E-state index is 0. The summed E-state index contributed by atoms with van der Waals surface area (Å²) in [7, 11) is 5.94. The van der Waals surface area contributed by atoms with Gasteiger partial charge in [0.2, 0.25) is 0 Å². The Morgan fingerprint density at radius 1 is 1.23 bits per heavy atom. The quantitative estimate of drug-likeness (QED) is 0.402. The second-order valence-electron chi connectivity index (χ2n) is 6.80. The Labute approximate surface area is 173 Å². The molecule has 1 aliphatic rings. The van der Waals surface area contributed by atoms with Crippen LogP contribution in [0.5, 0.6) is 0 Å². The van der Waals surface area contributed by atoms with Gasteiger partial charge in [0.1, 0.15) is 5.76 Å². The molecule has 0 aliphatic heterocycles. The molecule has 2 unspecified atom stereocenters. The van der Waals surface area contributed by atoms with Gasteiger partial charge in [-0.15, -0.1) is 24.0 Å². The first-order chi connectivity index (χ1) is 12.2. The van der Waals surface area contributed by atoms with E-state index in [1.807, 2.05) is 19.2 Å². The van der Waals surface area contributed by atoms with Crippen LogP contribution in [0, 0.1) is 0 Å². The van der Waals surface area contributed by atoms with Gasteiger partial charge in [-0.05, 0) is 56.6 Å². The van der Waals surface area contributed by atoms with Crippen molar-refractivity contribution in [3.05, 3.63) is 59.5 Å². The predicted octanol–water partition coefficient (Wildman–Crippen LogP) is 3.22. The van der Waals surface area contributed by atoms with Crippen molar-refractivity contribution in [1.29, 1.82) is 0 Å². The van der Waals surface area contributed by atoms with E-state index < -0.39 is 0 Å². The van der Waals surface area contributed by atoms with Crippen molar-refractivity contribution in [2.45, 2.75) is 31.3 Å². The van der Waals surface area contributed by atoms with Crippen molar-refractivity contribution in [2.75, 3.05) is 27.7 Å². The first kappa shape index (κ1) is 20.8. The molecule has 1 aliphatic carbocycles. The molecule has 0 saturated carbocycles. The molecule has 0 spiro atoms. The SMILES string of the molecule is CN=C(NCC(c1ccco1)N(C)C)NC1CCc2ccccc2C1.I. The number of nitrogens with zero attached hydrogens (tertiary/aromatic N) is 2. The summed E-state index contributed by atoms with van der Waals surface area (Å²) in [4.78, 5) is 6.54. The maximum Gasteiger partial charge on any atom is 0.191 e. The number of benzene rings is 1. The fraction of sp³-hybridized carbons (Fsp3) is 0.450. The highest BCUT2D eigenvalue weighted by molar-refractivity contribution is 14.0. The van der Waals surface area contributed by atoms with E-state index in [1.54, 1.807) is 6.26 Å². The van der Waals surface area contributed by atoms with E-state index in [2.05, 4.69) is 58.9 Å². The number of guanidine groups is 1. The van der Waals surface area contributed by atoms with E-state index in [-0.39, 0.29) is 30.0 Å². The standard InChI is InChI=1S/C20H28N4O.HI/c1-21-20(22-14-18(24(2)3)19-9-6-12-25-19)23-17-11-10-15-7-4-5-8-16(15)13-17;/h4-9,12,17-18H,10-11,13-14H2,1-3H3,(H2,21,22,23);1H. The number of fused-ring (bicyclic) bond motifs is 1. The molecule has 1 aromatic carbocycles. The Morgan fingerprint density at radius 2 is 2.00 bits per heavy atom. The van der Waals surface area contributed by atoms with Gasteiger partial charge in [0.25, 0.3) is 0 Å². The lowest BCUT2D eigenvalue weighted by molar-refractivity contribution is 0.258. The highest BCUT2D eigenvalue weighted by Crippen LogP contribution is 2.21. The van der Waals surface area contributed by atoms with Crippen molar-refractivity contribution in [1.82, 2.24) is 15.5 Å². The first-order valence-electron chi connectivity index (χ1n) is 8.91. The molecule has 2 aromatic rings. The number of furan rings is 1. The first-order valence-corrected chi connectivity index (χ1v) is 8.91. The number of hydrogen-bond donors (Lipinski definition) is 2. The number of rotatable bonds is 5. The van der Waals surface area contributed by atoms with Crippen molar-refractivity contribution >= 4 is 29.9 Å². The second kappa shape index (κ2) is 9.97. The zero-order valence-electron chi connectivity index (χ0n) is 15.7. The van der Waals surface area contributed by atoms with Gasteiger partial charge in [-0.2, -0.15) is 0 Å². The summed E-state index contributed by atoms with van der Waals surface area (Å²) >= 11 is 0. The maximum atomic E-state index is 5.57. The van der Waals surface area contributed by atoms with Crippen LogP contribution >= 0.6 is 24.0 Å². The molecular formula is C20H29IN4O. The van der Waals surface area contributed by atoms with E-state index in [9.17, 15) is 0 Å². The molecule has 26 heavy (non-hydrogen) atoms. The fourth-order valence-corrected chi connectivity index (χ4v) is 3.42. The van der Waals surface area contributed by atoms with Gasteiger partial charge in [0.05, 0.1) is 12.3 Å². The van der Waals surface area contributed by atoms with Crippen LogP contribution in [-0.4, -0.2) is 44.6 Å². The number of halogens is 1. The van der Waals surface area contributed by atoms with Crippen LogP contribution in [0.25, 0.3) is 0 Å². The summed E-state index contributed by atoms with van der Waals surface area (Å²) in [5.41, 5.74) is 2.93. The maximum absolute atomic E-state index is 5.57. The fourth-order valence-electron chi connectivity index (χ4n) is 3.42. The van der Waals surface area contributed by atoms with E-state index >= 15 is 0 Å². The third-order valence-electron chi connectivity index (χ3n) is 4.87. The summed E-state index contributed by atoms with van der Waals surface area (Å²) < 4.78 is 5.57. The minimum Gasteiger partial charge on any atom is -0.468 e. The molecular weight excluding hydrogens is 439 g/mol. The third-order valence-corrected chi connectivity index (χ3v) is 4.87. The molecule has 2 atom stereocenters. The normalized spacial score (nSPS) is 18.0. The van der Waals surface area contributed by atoms with E-state index in [4.69, 9.17) is 4.42 Å². The molecule has 0 saturated heterocycles. The monoisotopic (exact) mass is 468 g/mol. The molecule has 1 heterocycles. The Morgan fingerprint density at radius 3 is 2.65 bits per heavy atom. The Balaban J connectivity index is 0.00000243. The van der Waals surface area contributed by atoms with Gasteiger partial charge >= 0.3 is 0 Å². The average Bonchev–Trinajstić information content (AvgIpc) is 3.14. The Hall–Kier alpha value is -1.54. The molecule has 0 fully saturated rings. The average molecular weight is 468 g/mol. The lowest BCUT2D eigenvalue weighted by Gasteiger charge is -2.28. The van der Waals surface area contributed by atoms with Crippen LogP contribution in [0.15, 0.2) is 52.1 Å². The van der Waals surface area contributed by atoms with Crippen molar-refractivity contribution in [3.63, 3.8) is 0 Å². The van der Waals surface area contributed by atoms with Gasteiger partial charge in [0.15, 0.2) is 5.96 Å². The Bertz CT molecular complexity index is 700. The van der Waals surface area contributed by atoms with E-state index in [1.165, 1.54) is 11.1 Å². The smallest absolute Gasteiger partial charge is 0.191 e. The van der Waals surface area contributed by atoms with Crippen molar-refractivity contribution in [2.24, 2.45) is 4.99 Å². The molecule has 142 valence electrons. The van der Waals surface area contributed by atoms with Gasteiger partial charge in [-0.3, -0.25) is 9.89 Å². The summed E-state index contributed by atoms with van der Waals surface area (Å²) in [6.07, 6.45) is 5.02. The summed E-state index contributed by atoms with van der Waals surface area (Å²) in [5, 5.41) is 7.02. The molecule has 1 aromatic heterocycles. The molecule has 6 heteroatoms. The molecule has 5 nitrogen and oxygen atoms in total. The van der Waals surface area contributed by atoms with Gasteiger partial charge < -0.3 is 15.1 Å². The van der Waals surface area contributed by atoms with Crippen LogP contribution in [0.1, 0.15) is 29.3 Å². The number of hydrogen-bond acceptors (Lipinski definition) is 3. The van der Waals surface area contributed by atoms with Gasteiger partial charge in [0, 0.05) is 19.6 Å². The molecule has 0 amide bonds. The zero-order valence-corrected chi connectivity index (χ0v) is 18.1. The molecule has 0 bridgehead atoms. The third kappa shape index (κ3) is 5.23. The Kier molecular flexibility index (Phi) is 7.96. The van der Waals surface area contributed by atoms with Crippen LogP contribution in [0.2, 0.25) is 0 Å². The zero-order chi connectivity index (χ0) is 17.6. The lowest BCUT2D eigenvalue weighted by atomic mass is 9.88. The van der Waals surface area contributed by atoms with Crippen molar-refractivity contribution < 1.29 is 4.42 Å². The predicted molar refractivity (Wildman–Crippen MR) is 117 cm³/mol. The highest BCUT2D eigenvalue weighted by Gasteiger charge is 2.21. The summed E-state index contributed by atoms with van der Waals surface area (Å²) in [6, 6.07) is 13.3. The van der Waals surface area contributed by atoms with E-state index in [0.29, 0.717) is 6.04 Å². The molecule has 2 N–H and O–H groups in total. The lowest BCUT2D eigenvalue weighted by Crippen LogP contribution is -2.47. The van der Waals surface area contributed by atoms with Crippen LogP contribution in [-0.2, 0) is 12.8 Å². The summed E-state index contributed by atoms with van der Waals surface area (Å²) in [6.45, 7) is 0.740. The van der Waals surface area contributed by atoms with E-state index in [0.717, 1.165) is 37.5 Å². The number of aliphatic imine (C=N–C) groups is 1. The summed E-state index contributed by atoms with van der Waals surface area (Å²) in [5.74, 6) is 1.81. The van der Waals surface area contributed by atoms with Gasteiger partial charge in [-0.1, -0.05) is 24.3 Å².